The van der Waals surface area contributed by atoms with Gasteiger partial charge in [0.2, 0.25) is 5.82 Å². The van der Waals surface area contributed by atoms with Gasteiger partial charge in [0.25, 0.3) is 15.9 Å². The Labute approximate surface area is 129 Å². The number of nitrogens with one attached hydrogen (secondary N) is 1. The molecule has 2 aromatic rings. The minimum atomic E-state index is -4.13. The van der Waals surface area contributed by atoms with Gasteiger partial charge in [-0.1, -0.05) is 23.2 Å². The Morgan fingerprint density at radius 3 is 2.52 bits per heavy atom. The number of aromatic nitrogens is 2. The second-order valence-corrected chi connectivity index (χ2v) is 6.10. The predicted molar refractivity (Wildman–Crippen MR) is 75.8 cm³/mol. The largest absolute Gasteiger partial charge is 0.478 e. The highest BCUT2D eigenvalue weighted by molar-refractivity contribution is 7.92. The summed E-state index contributed by atoms with van der Waals surface area (Å²) in [6, 6.07) is 1.89. The zero-order valence-electron chi connectivity index (χ0n) is 10.5. The number of benzene rings is 1. The van der Waals surface area contributed by atoms with Crippen LogP contribution >= 0.6 is 23.2 Å². The molecule has 1 aromatic carbocycles. The number of methoxy groups -OCH3 is 1. The molecule has 6 nitrogen and oxygen atoms in total. The Bertz CT molecular complexity index is 786. The molecule has 0 bridgehead atoms. The summed E-state index contributed by atoms with van der Waals surface area (Å²) in [7, 11) is -2.82. The molecule has 0 fully saturated rings. The average Bonchev–Trinajstić information content (AvgIpc) is 2.44. The van der Waals surface area contributed by atoms with E-state index in [-0.39, 0.29) is 16.6 Å². The minimum absolute atomic E-state index is 0.0228. The van der Waals surface area contributed by atoms with Crippen LogP contribution in [-0.2, 0) is 10.0 Å². The first-order valence-corrected chi connectivity index (χ1v) is 7.62. The smallest absolute Gasteiger partial charge is 0.264 e. The summed E-state index contributed by atoms with van der Waals surface area (Å²) >= 11 is 11.4. The maximum Gasteiger partial charge on any atom is 0.264 e. The van der Waals surface area contributed by atoms with E-state index in [1.165, 1.54) is 19.5 Å². The van der Waals surface area contributed by atoms with Crippen molar-refractivity contribution in [1.29, 1.82) is 0 Å². The standard InChI is InChI=1S/C11H8Cl2FN3O3S/c1-20-11-10(15-4-5-16-11)17-21(18,19)7-3-2-6(14)8(12)9(7)13/h2-5H,1H3,(H,15,17). The quantitative estimate of drug-likeness (QED) is 0.856. The summed E-state index contributed by atoms with van der Waals surface area (Å²) in [6.07, 6.45) is 2.61. The SMILES string of the molecule is COc1nccnc1NS(=O)(=O)c1ccc(F)c(Cl)c1Cl. The number of hydrogen-bond acceptors (Lipinski definition) is 5. The van der Waals surface area contributed by atoms with Crippen LogP contribution in [0, 0.1) is 5.82 Å². The van der Waals surface area contributed by atoms with Crippen molar-refractivity contribution in [3.8, 4) is 5.88 Å². The molecular formula is C11H8Cl2FN3O3S. The van der Waals surface area contributed by atoms with Crippen LogP contribution in [0.4, 0.5) is 10.2 Å². The molecule has 0 aliphatic carbocycles. The lowest BCUT2D eigenvalue weighted by Gasteiger charge is -2.11. The summed E-state index contributed by atoms with van der Waals surface area (Å²) in [4.78, 5) is 7.21. The molecule has 1 aromatic heterocycles. The third kappa shape index (κ3) is 3.17. The Kier molecular flexibility index (Phi) is 4.50. The first-order chi connectivity index (χ1) is 9.86. The lowest BCUT2D eigenvalue weighted by molar-refractivity contribution is 0.398. The number of ether oxygens (including phenoxy) is 1. The third-order valence-corrected chi connectivity index (χ3v) is 4.73. The molecule has 0 amide bonds. The van der Waals surface area contributed by atoms with Gasteiger partial charge in [0.05, 0.1) is 17.2 Å². The first kappa shape index (κ1) is 15.7. The summed E-state index contributed by atoms with van der Waals surface area (Å²) < 4.78 is 44.8. The second-order valence-electron chi connectivity index (χ2n) is 3.69. The number of sulfonamides is 1. The van der Waals surface area contributed by atoms with Crippen LogP contribution in [0.1, 0.15) is 0 Å². The van der Waals surface area contributed by atoms with Crippen LogP contribution in [0.3, 0.4) is 0 Å². The molecule has 0 aliphatic rings. The van der Waals surface area contributed by atoms with Crippen LogP contribution < -0.4 is 9.46 Å². The molecule has 0 radical (unpaired) electrons. The van der Waals surface area contributed by atoms with E-state index in [0.717, 1.165) is 12.1 Å². The van der Waals surface area contributed by atoms with E-state index in [0.29, 0.717) is 0 Å². The summed E-state index contributed by atoms with van der Waals surface area (Å²) in [5, 5.41) is -0.905. The van der Waals surface area contributed by atoms with Crippen LogP contribution in [0.25, 0.3) is 0 Å². The highest BCUT2D eigenvalue weighted by Gasteiger charge is 2.23. The van der Waals surface area contributed by atoms with Crippen molar-refractivity contribution >= 4 is 39.0 Å². The molecule has 0 unspecified atom stereocenters. The third-order valence-electron chi connectivity index (χ3n) is 2.38. The van der Waals surface area contributed by atoms with Gasteiger partial charge in [-0.25, -0.2) is 22.8 Å². The lowest BCUT2D eigenvalue weighted by atomic mass is 10.3. The van der Waals surface area contributed by atoms with E-state index in [4.69, 9.17) is 27.9 Å². The van der Waals surface area contributed by atoms with Gasteiger partial charge in [-0.3, -0.25) is 4.72 Å². The molecule has 10 heteroatoms. The van der Waals surface area contributed by atoms with E-state index >= 15 is 0 Å². The van der Waals surface area contributed by atoms with Gasteiger partial charge in [-0.2, -0.15) is 0 Å². The monoisotopic (exact) mass is 351 g/mol. The van der Waals surface area contributed by atoms with Crippen molar-refractivity contribution in [3.63, 3.8) is 0 Å². The number of anilines is 1. The highest BCUT2D eigenvalue weighted by Crippen LogP contribution is 2.32. The van der Waals surface area contributed by atoms with Crippen molar-refractivity contribution in [3.05, 3.63) is 40.4 Å². The topological polar surface area (TPSA) is 81.2 Å². The second kappa shape index (κ2) is 6.00. The molecule has 0 saturated heterocycles. The van der Waals surface area contributed by atoms with Gasteiger partial charge in [-0.05, 0) is 12.1 Å². The first-order valence-electron chi connectivity index (χ1n) is 5.38. The lowest BCUT2D eigenvalue weighted by Crippen LogP contribution is -2.15. The minimum Gasteiger partial charge on any atom is -0.478 e. The molecular weight excluding hydrogens is 344 g/mol. The Morgan fingerprint density at radius 1 is 1.19 bits per heavy atom. The molecule has 1 N–H and O–H groups in total. The number of hydrogen-bond donors (Lipinski definition) is 1. The van der Waals surface area contributed by atoms with Gasteiger partial charge < -0.3 is 4.74 Å². The molecule has 0 saturated carbocycles. The zero-order chi connectivity index (χ0) is 15.6. The van der Waals surface area contributed by atoms with Gasteiger partial charge >= 0.3 is 0 Å². The highest BCUT2D eigenvalue weighted by atomic mass is 35.5. The fourth-order valence-electron chi connectivity index (χ4n) is 1.44. The fourth-order valence-corrected chi connectivity index (χ4v) is 3.21. The molecule has 0 atom stereocenters. The van der Waals surface area contributed by atoms with E-state index in [2.05, 4.69) is 14.7 Å². The molecule has 2 rings (SSSR count). The van der Waals surface area contributed by atoms with Crippen molar-refractivity contribution in [2.75, 3.05) is 11.8 Å². The molecule has 112 valence electrons. The Balaban J connectivity index is 2.46. The van der Waals surface area contributed by atoms with Crippen molar-refractivity contribution in [2.45, 2.75) is 4.90 Å². The zero-order valence-corrected chi connectivity index (χ0v) is 12.8. The normalized spacial score (nSPS) is 11.2. The van der Waals surface area contributed by atoms with Crippen molar-refractivity contribution < 1.29 is 17.5 Å². The van der Waals surface area contributed by atoms with Gasteiger partial charge in [0.1, 0.15) is 10.7 Å². The number of rotatable bonds is 4. The van der Waals surface area contributed by atoms with E-state index in [9.17, 15) is 12.8 Å². The van der Waals surface area contributed by atoms with Crippen LogP contribution in [0.2, 0.25) is 10.0 Å². The molecule has 0 aliphatic heterocycles. The average molecular weight is 352 g/mol. The summed E-state index contributed by atoms with van der Waals surface area (Å²) in [6.45, 7) is 0. The van der Waals surface area contributed by atoms with Gasteiger partial charge in [-0.15, -0.1) is 0 Å². The van der Waals surface area contributed by atoms with Crippen LogP contribution in [-0.4, -0.2) is 25.5 Å². The van der Waals surface area contributed by atoms with E-state index < -0.39 is 25.9 Å². The fraction of sp³-hybridized carbons (Fsp3) is 0.0909. The van der Waals surface area contributed by atoms with Gasteiger partial charge in [0.15, 0.2) is 0 Å². The Hall–Kier alpha value is -1.64. The van der Waals surface area contributed by atoms with Gasteiger partial charge in [0, 0.05) is 12.4 Å². The maximum atomic E-state index is 13.2. The molecule has 0 spiro atoms. The van der Waals surface area contributed by atoms with Crippen molar-refractivity contribution in [2.24, 2.45) is 0 Å². The van der Waals surface area contributed by atoms with Crippen molar-refractivity contribution in [1.82, 2.24) is 9.97 Å². The predicted octanol–water partition coefficient (Wildman–Crippen LogP) is 2.73. The molecule has 1 heterocycles. The summed E-state index contributed by atoms with van der Waals surface area (Å²) in [5.41, 5.74) is 0. The Morgan fingerprint density at radius 2 is 1.86 bits per heavy atom. The van der Waals surface area contributed by atoms with E-state index in [1.54, 1.807) is 0 Å². The van der Waals surface area contributed by atoms with Crippen LogP contribution in [0.5, 0.6) is 5.88 Å². The molecule has 21 heavy (non-hydrogen) atoms. The number of halogens is 3. The maximum absolute atomic E-state index is 13.2. The summed E-state index contributed by atoms with van der Waals surface area (Å²) in [5.74, 6) is -0.973. The van der Waals surface area contributed by atoms with E-state index in [1.807, 2.05) is 0 Å². The number of nitrogens with zero attached hydrogens (tertiary/aromatic N) is 2. The van der Waals surface area contributed by atoms with Crippen LogP contribution in [0.15, 0.2) is 29.4 Å².